The quantitative estimate of drug-likeness (QED) is 0.754. The SMILES string of the molecule is Cl.NCCCN1CC(=O)N(C(C(=O)O)c2ccccc2)C1=O. The van der Waals surface area contributed by atoms with Crippen LogP contribution in [-0.2, 0) is 9.59 Å². The Morgan fingerprint density at radius 2 is 1.91 bits per heavy atom. The third-order valence-corrected chi connectivity index (χ3v) is 3.31. The van der Waals surface area contributed by atoms with Crippen molar-refractivity contribution in [1.29, 1.82) is 0 Å². The first-order valence-corrected chi connectivity index (χ1v) is 6.65. The first-order valence-electron chi connectivity index (χ1n) is 6.65. The average Bonchev–Trinajstić information content (AvgIpc) is 2.74. The van der Waals surface area contributed by atoms with Crippen LogP contribution in [0.5, 0.6) is 0 Å². The molecule has 0 aromatic heterocycles. The number of hydrogen-bond donors (Lipinski definition) is 2. The van der Waals surface area contributed by atoms with Gasteiger partial charge in [0, 0.05) is 6.54 Å². The van der Waals surface area contributed by atoms with Crippen molar-refractivity contribution in [2.75, 3.05) is 19.6 Å². The van der Waals surface area contributed by atoms with Crippen molar-refractivity contribution >= 4 is 30.3 Å². The van der Waals surface area contributed by atoms with Gasteiger partial charge in [0.25, 0.3) is 5.91 Å². The van der Waals surface area contributed by atoms with E-state index >= 15 is 0 Å². The predicted molar refractivity (Wildman–Crippen MR) is 81.6 cm³/mol. The van der Waals surface area contributed by atoms with Gasteiger partial charge in [-0.2, -0.15) is 0 Å². The van der Waals surface area contributed by atoms with Gasteiger partial charge in [-0.15, -0.1) is 12.4 Å². The molecule has 0 spiro atoms. The van der Waals surface area contributed by atoms with E-state index in [9.17, 15) is 19.5 Å². The van der Waals surface area contributed by atoms with Gasteiger partial charge in [0.2, 0.25) is 0 Å². The number of rotatable bonds is 6. The maximum absolute atomic E-state index is 12.3. The molecule has 8 heteroatoms. The van der Waals surface area contributed by atoms with E-state index in [2.05, 4.69) is 0 Å². The molecule has 0 aliphatic carbocycles. The highest BCUT2D eigenvalue weighted by molar-refractivity contribution is 6.05. The number of benzene rings is 1. The molecule has 1 fully saturated rings. The molecule has 1 aromatic carbocycles. The number of carboxylic acids is 1. The van der Waals surface area contributed by atoms with Crippen LogP contribution in [0.3, 0.4) is 0 Å². The van der Waals surface area contributed by atoms with Crippen LogP contribution in [0, 0.1) is 0 Å². The van der Waals surface area contributed by atoms with E-state index < -0.39 is 23.9 Å². The van der Waals surface area contributed by atoms with E-state index in [4.69, 9.17) is 5.73 Å². The number of aliphatic carboxylic acids is 1. The molecule has 1 atom stereocenters. The summed E-state index contributed by atoms with van der Waals surface area (Å²) in [6.07, 6.45) is 0.565. The van der Waals surface area contributed by atoms with Crippen molar-refractivity contribution < 1.29 is 19.5 Å². The molecule has 2 rings (SSSR count). The highest BCUT2D eigenvalue weighted by Gasteiger charge is 2.43. The maximum Gasteiger partial charge on any atom is 0.331 e. The number of urea groups is 1. The standard InChI is InChI=1S/C14H17N3O4.ClH/c15-7-4-8-16-9-11(18)17(14(16)21)12(13(19)20)10-5-2-1-3-6-10;/h1-3,5-6,12H,4,7-9,15H2,(H,19,20);1H. The number of amides is 3. The molecule has 0 bridgehead atoms. The number of imide groups is 1. The zero-order valence-corrected chi connectivity index (χ0v) is 12.7. The lowest BCUT2D eigenvalue weighted by Gasteiger charge is -2.23. The number of carbonyl (C=O) groups is 3. The zero-order valence-electron chi connectivity index (χ0n) is 11.8. The Labute approximate surface area is 134 Å². The molecule has 1 heterocycles. The van der Waals surface area contributed by atoms with Gasteiger partial charge in [-0.05, 0) is 18.5 Å². The van der Waals surface area contributed by atoms with Crippen LogP contribution in [0.4, 0.5) is 4.79 Å². The number of carbonyl (C=O) groups excluding carboxylic acids is 2. The van der Waals surface area contributed by atoms with E-state index in [0.717, 1.165) is 4.90 Å². The number of halogens is 1. The number of hydrogen-bond acceptors (Lipinski definition) is 4. The Hall–Kier alpha value is -2.12. The lowest BCUT2D eigenvalue weighted by atomic mass is 10.1. The van der Waals surface area contributed by atoms with Crippen molar-refractivity contribution in [2.45, 2.75) is 12.5 Å². The van der Waals surface area contributed by atoms with Crippen LogP contribution in [0.15, 0.2) is 30.3 Å². The molecular weight excluding hydrogens is 310 g/mol. The van der Waals surface area contributed by atoms with E-state index in [1.165, 1.54) is 4.90 Å². The van der Waals surface area contributed by atoms with Gasteiger partial charge in [-0.3, -0.25) is 4.79 Å². The van der Waals surface area contributed by atoms with Crippen LogP contribution < -0.4 is 5.73 Å². The first-order chi connectivity index (χ1) is 10.1. The molecule has 1 aromatic rings. The van der Waals surface area contributed by atoms with E-state index in [1.54, 1.807) is 30.3 Å². The molecule has 1 aliphatic heterocycles. The van der Waals surface area contributed by atoms with Crippen molar-refractivity contribution in [1.82, 2.24) is 9.80 Å². The molecule has 0 saturated carbocycles. The molecule has 3 amide bonds. The van der Waals surface area contributed by atoms with Gasteiger partial charge in [0.1, 0.15) is 6.54 Å². The van der Waals surface area contributed by atoms with Gasteiger partial charge >= 0.3 is 12.0 Å². The summed E-state index contributed by atoms with van der Waals surface area (Å²) in [5, 5.41) is 9.40. The minimum absolute atomic E-state index is 0. The highest BCUT2D eigenvalue weighted by Crippen LogP contribution is 2.26. The second-order valence-corrected chi connectivity index (χ2v) is 4.76. The van der Waals surface area contributed by atoms with Crippen molar-refractivity contribution in [3.63, 3.8) is 0 Å². The third kappa shape index (κ3) is 3.55. The molecule has 1 saturated heterocycles. The van der Waals surface area contributed by atoms with Crippen molar-refractivity contribution in [2.24, 2.45) is 5.73 Å². The summed E-state index contributed by atoms with van der Waals surface area (Å²) in [5.41, 5.74) is 5.79. The molecule has 120 valence electrons. The van der Waals surface area contributed by atoms with Gasteiger partial charge < -0.3 is 15.7 Å². The predicted octanol–water partition coefficient (Wildman–Crippen LogP) is 0.847. The Morgan fingerprint density at radius 3 is 2.45 bits per heavy atom. The normalized spacial score (nSPS) is 15.7. The minimum atomic E-state index is -1.30. The second kappa shape index (κ2) is 7.77. The minimum Gasteiger partial charge on any atom is -0.479 e. The molecule has 3 N–H and O–H groups in total. The largest absolute Gasteiger partial charge is 0.479 e. The fraction of sp³-hybridized carbons (Fsp3) is 0.357. The summed E-state index contributed by atoms with van der Waals surface area (Å²) in [5.74, 6) is -1.74. The third-order valence-electron chi connectivity index (χ3n) is 3.31. The summed E-state index contributed by atoms with van der Waals surface area (Å²) in [4.78, 5) is 38.0. The Kier molecular flexibility index (Phi) is 6.33. The van der Waals surface area contributed by atoms with Gasteiger partial charge in [0.05, 0.1) is 0 Å². The molecular formula is C14H18ClN3O4. The van der Waals surface area contributed by atoms with Crippen LogP contribution >= 0.6 is 12.4 Å². The molecule has 7 nitrogen and oxygen atoms in total. The highest BCUT2D eigenvalue weighted by atomic mass is 35.5. The number of nitrogens with zero attached hydrogens (tertiary/aromatic N) is 2. The van der Waals surface area contributed by atoms with Crippen molar-refractivity contribution in [3.05, 3.63) is 35.9 Å². The van der Waals surface area contributed by atoms with Gasteiger partial charge in [-0.25, -0.2) is 14.5 Å². The molecule has 0 radical (unpaired) electrons. The summed E-state index contributed by atoms with van der Waals surface area (Å²) < 4.78 is 0. The molecule has 1 aliphatic rings. The smallest absolute Gasteiger partial charge is 0.331 e. The van der Waals surface area contributed by atoms with E-state index in [0.29, 0.717) is 25.1 Å². The van der Waals surface area contributed by atoms with Crippen LogP contribution in [0.25, 0.3) is 0 Å². The number of carboxylic acid groups (broad SMARTS) is 1. The monoisotopic (exact) mass is 327 g/mol. The summed E-state index contributed by atoms with van der Waals surface area (Å²) in [7, 11) is 0. The molecule has 1 unspecified atom stereocenters. The van der Waals surface area contributed by atoms with Crippen molar-refractivity contribution in [3.8, 4) is 0 Å². The summed E-state index contributed by atoms with van der Waals surface area (Å²) >= 11 is 0. The summed E-state index contributed by atoms with van der Waals surface area (Å²) in [6, 6.07) is 6.37. The Balaban J connectivity index is 0.00000242. The zero-order chi connectivity index (χ0) is 15.4. The fourth-order valence-corrected chi connectivity index (χ4v) is 2.31. The fourth-order valence-electron chi connectivity index (χ4n) is 2.31. The first kappa shape index (κ1) is 17.9. The van der Waals surface area contributed by atoms with E-state index in [-0.39, 0.29) is 19.0 Å². The average molecular weight is 328 g/mol. The lowest BCUT2D eigenvalue weighted by molar-refractivity contribution is -0.146. The second-order valence-electron chi connectivity index (χ2n) is 4.76. The Bertz CT molecular complexity index is 552. The number of nitrogens with two attached hydrogens (primary N) is 1. The van der Waals surface area contributed by atoms with Crippen LogP contribution in [-0.4, -0.2) is 52.4 Å². The van der Waals surface area contributed by atoms with E-state index in [1.807, 2.05) is 0 Å². The van der Waals surface area contributed by atoms with Crippen LogP contribution in [0.1, 0.15) is 18.0 Å². The molecule has 22 heavy (non-hydrogen) atoms. The Morgan fingerprint density at radius 1 is 1.27 bits per heavy atom. The van der Waals surface area contributed by atoms with Gasteiger partial charge in [0.15, 0.2) is 6.04 Å². The topological polar surface area (TPSA) is 104 Å². The van der Waals surface area contributed by atoms with Crippen LogP contribution in [0.2, 0.25) is 0 Å². The van der Waals surface area contributed by atoms with Gasteiger partial charge in [-0.1, -0.05) is 30.3 Å². The maximum atomic E-state index is 12.3. The summed E-state index contributed by atoms with van der Waals surface area (Å²) in [6.45, 7) is 0.646. The lowest BCUT2D eigenvalue weighted by Crippen LogP contribution is -2.40.